The summed E-state index contributed by atoms with van der Waals surface area (Å²) in [5.74, 6) is 1.03. The Bertz CT molecular complexity index is 675. The number of benzene rings is 1. The minimum Gasteiger partial charge on any atom is -0.497 e. The fraction of sp³-hybridized carbons (Fsp3) is 0.421. The fourth-order valence-electron chi connectivity index (χ4n) is 3.26. The minimum atomic E-state index is 0.142. The summed E-state index contributed by atoms with van der Waals surface area (Å²) in [5, 5.41) is 0. The van der Waals surface area contributed by atoms with Crippen LogP contribution in [0.3, 0.4) is 0 Å². The molecule has 1 atom stereocenters. The van der Waals surface area contributed by atoms with E-state index < -0.39 is 0 Å². The fourth-order valence-corrected chi connectivity index (χ4v) is 3.26. The lowest BCUT2D eigenvalue weighted by molar-refractivity contribution is -0.135. The molecule has 126 valence electrons. The van der Waals surface area contributed by atoms with Gasteiger partial charge in [-0.2, -0.15) is 0 Å². The smallest absolute Gasteiger partial charge is 0.223 e. The summed E-state index contributed by atoms with van der Waals surface area (Å²) in [6, 6.07) is 8.20. The van der Waals surface area contributed by atoms with E-state index >= 15 is 0 Å². The molecule has 3 rings (SSSR count). The van der Waals surface area contributed by atoms with Gasteiger partial charge in [0.2, 0.25) is 5.91 Å². The number of carbonyl (C=O) groups is 1. The van der Waals surface area contributed by atoms with Crippen LogP contribution in [0.15, 0.2) is 42.9 Å². The predicted octanol–water partition coefficient (Wildman–Crippen LogP) is 3.17. The Morgan fingerprint density at radius 2 is 2.25 bits per heavy atom. The highest BCUT2D eigenvalue weighted by Gasteiger charge is 2.27. The summed E-state index contributed by atoms with van der Waals surface area (Å²) < 4.78 is 5.33. The highest BCUT2D eigenvalue weighted by atomic mass is 16.5. The quantitative estimate of drug-likeness (QED) is 0.847. The molecule has 2 heterocycles. The number of aromatic nitrogens is 2. The first kappa shape index (κ1) is 16.4. The monoisotopic (exact) mass is 325 g/mol. The van der Waals surface area contributed by atoms with Gasteiger partial charge in [0.1, 0.15) is 5.75 Å². The average Bonchev–Trinajstić information content (AvgIpc) is 2.67. The predicted molar refractivity (Wildman–Crippen MR) is 91.7 cm³/mol. The van der Waals surface area contributed by atoms with Crippen LogP contribution in [0, 0.1) is 0 Å². The van der Waals surface area contributed by atoms with Gasteiger partial charge in [-0.15, -0.1) is 0 Å². The van der Waals surface area contributed by atoms with Crippen LogP contribution in [-0.2, 0) is 11.2 Å². The van der Waals surface area contributed by atoms with E-state index in [1.807, 2.05) is 23.1 Å². The Morgan fingerprint density at radius 1 is 1.33 bits per heavy atom. The van der Waals surface area contributed by atoms with Crippen LogP contribution in [0.25, 0.3) is 0 Å². The van der Waals surface area contributed by atoms with Gasteiger partial charge in [0.25, 0.3) is 0 Å². The van der Waals surface area contributed by atoms with Crippen molar-refractivity contribution in [2.45, 2.75) is 38.1 Å². The third-order valence-electron chi connectivity index (χ3n) is 4.51. The lowest BCUT2D eigenvalue weighted by Gasteiger charge is -2.36. The Kier molecular flexibility index (Phi) is 5.41. The van der Waals surface area contributed by atoms with E-state index in [2.05, 4.69) is 16.0 Å². The van der Waals surface area contributed by atoms with Crippen LogP contribution in [0.1, 0.15) is 43.0 Å². The maximum Gasteiger partial charge on any atom is 0.223 e. The standard InChI is InChI=1S/C19H23N3O2/c1-24-17-6-4-5-15(13-17)18-7-2-3-12-22(18)19(23)9-8-16-14-20-10-11-21-16/h4-6,10-11,13-14,18H,2-3,7-9,12H2,1H3/t18-/m0/s1. The number of aryl methyl sites for hydroxylation is 1. The molecule has 5 heteroatoms. The number of hydrogen-bond acceptors (Lipinski definition) is 4. The van der Waals surface area contributed by atoms with Gasteiger partial charge in [0, 0.05) is 31.6 Å². The van der Waals surface area contributed by atoms with Gasteiger partial charge in [0.05, 0.1) is 18.8 Å². The van der Waals surface area contributed by atoms with Crippen molar-refractivity contribution in [2.75, 3.05) is 13.7 Å². The summed E-state index contributed by atoms with van der Waals surface area (Å²) >= 11 is 0. The molecule has 0 aliphatic carbocycles. The first-order valence-corrected chi connectivity index (χ1v) is 8.46. The molecule has 0 unspecified atom stereocenters. The zero-order valence-corrected chi connectivity index (χ0v) is 14.0. The largest absolute Gasteiger partial charge is 0.497 e. The Hall–Kier alpha value is -2.43. The lowest BCUT2D eigenvalue weighted by atomic mass is 9.94. The topological polar surface area (TPSA) is 55.3 Å². The van der Waals surface area contributed by atoms with Gasteiger partial charge in [-0.3, -0.25) is 14.8 Å². The van der Waals surface area contributed by atoms with Crippen molar-refractivity contribution in [3.8, 4) is 5.75 Å². The number of methoxy groups -OCH3 is 1. The van der Waals surface area contributed by atoms with Gasteiger partial charge in [-0.1, -0.05) is 12.1 Å². The van der Waals surface area contributed by atoms with Crippen molar-refractivity contribution < 1.29 is 9.53 Å². The second-order valence-corrected chi connectivity index (χ2v) is 6.07. The number of hydrogen-bond donors (Lipinski definition) is 0. The molecule has 5 nitrogen and oxygen atoms in total. The molecular formula is C19H23N3O2. The van der Waals surface area contributed by atoms with E-state index in [0.717, 1.165) is 42.8 Å². The van der Waals surface area contributed by atoms with Crippen LogP contribution >= 0.6 is 0 Å². The molecule has 1 aliphatic heterocycles. The van der Waals surface area contributed by atoms with Gasteiger partial charge < -0.3 is 9.64 Å². The van der Waals surface area contributed by atoms with E-state index in [-0.39, 0.29) is 11.9 Å². The van der Waals surface area contributed by atoms with Crippen molar-refractivity contribution in [3.63, 3.8) is 0 Å². The molecule has 1 aromatic heterocycles. The minimum absolute atomic E-state index is 0.142. The third-order valence-corrected chi connectivity index (χ3v) is 4.51. The van der Waals surface area contributed by atoms with Gasteiger partial charge in [-0.25, -0.2) is 0 Å². The van der Waals surface area contributed by atoms with E-state index in [1.54, 1.807) is 25.7 Å². The normalized spacial score (nSPS) is 17.5. The number of ether oxygens (including phenoxy) is 1. The highest BCUT2D eigenvalue weighted by Crippen LogP contribution is 2.33. The summed E-state index contributed by atoms with van der Waals surface area (Å²) in [6.45, 7) is 0.821. The molecule has 0 bridgehead atoms. The number of nitrogens with zero attached hydrogens (tertiary/aromatic N) is 3. The lowest BCUT2D eigenvalue weighted by Crippen LogP contribution is -2.38. The first-order chi connectivity index (χ1) is 11.8. The molecule has 24 heavy (non-hydrogen) atoms. The third kappa shape index (κ3) is 3.91. The molecule has 1 aromatic carbocycles. The van der Waals surface area contributed by atoms with Crippen LogP contribution in [0.5, 0.6) is 5.75 Å². The number of carbonyl (C=O) groups excluding carboxylic acids is 1. The van der Waals surface area contributed by atoms with E-state index in [1.165, 1.54) is 0 Å². The molecule has 0 radical (unpaired) electrons. The van der Waals surface area contributed by atoms with E-state index in [0.29, 0.717) is 12.8 Å². The number of piperidine rings is 1. The van der Waals surface area contributed by atoms with Crippen molar-refractivity contribution in [1.29, 1.82) is 0 Å². The van der Waals surface area contributed by atoms with Crippen molar-refractivity contribution >= 4 is 5.91 Å². The van der Waals surface area contributed by atoms with E-state index in [9.17, 15) is 4.79 Å². The molecule has 0 saturated carbocycles. The molecule has 0 spiro atoms. The van der Waals surface area contributed by atoms with Crippen molar-refractivity contribution in [1.82, 2.24) is 14.9 Å². The Morgan fingerprint density at radius 3 is 3.04 bits per heavy atom. The maximum absolute atomic E-state index is 12.8. The van der Waals surface area contributed by atoms with Gasteiger partial charge >= 0.3 is 0 Å². The molecule has 1 aliphatic rings. The van der Waals surface area contributed by atoms with Crippen LogP contribution in [0.2, 0.25) is 0 Å². The molecule has 0 N–H and O–H groups in total. The summed E-state index contributed by atoms with van der Waals surface area (Å²) in [5.41, 5.74) is 2.02. The number of likely N-dealkylation sites (tertiary alicyclic amines) is 1. The zero-order valence-electron chi connectivity index (χ0n) is 14.0. The second kappa shape index (κ2) is 7.90. The zero-order chi connectivity index (χ0) is 16.8. The van der Waals surface area contributed by atoms with Gasteiger partial charge in [-0.05, 0) is 43.4 Å². The number of rotatable bonds is 5. The average molecular weight is 325 g/mol. The number of amides is 1. The second-order valence-electron chi connectivity index (χ2n) is 6.07. The Balaban J connectivity index is 1.70. The molecule has 1 amide bonds. The molecule has 1 fully saturated rings. The summed E-state index contributed by atoms with van der Waals surface area (Å²) in [6.07, 6.45) is 9.36. The maximum atomic E-state index is 12.8. The SMILES string of the molecule is COc1cccc([C@@H]2CCCCN2C(=O)CCc2cnccn2)c1. The first-order valence-electron chi connectivity index (χ1n) is 8.46. The molecule has 1 saturated heterocycles. The van der Waals surface area contributed by atoms with Crippen molar-refractivity contribution in [2.24, 2.45) is 0 Å². The van der Waals surface area contributed by atoms with Crippen LogP contribution in [-0.4, -0.2) is 34.4 Å². The van der Waals surface area contributed by atoms with Gasteiger partial charge in [0.15, 0.2) is 0 Å². The van der Waals surface area contributed by atoms with Crippen LogP contribution < -0.4 is 4.74 Å². The summed E-state index contributed by atoms with van der Waals surface area (Å²) in [7, 11) is 1.67. The van der Waals surface area contributed by atoms with Crippen LogP contribution in [0.4, 0.5) is 0 Å². The highest BCUT2D eigenvalue weighted by molar-refractivity contribution is 5.77. The molecular weight excluding hydrogens is 302 g/mol. The van der Waals surface area contributed by atoms with E-state index in [4.69, 9.17) is 4.74 Å². The summed E-state index contributed by atoms with van der Waals surface area (Å²) in [4.78, 5) is 23.1. The van der Waals surface area contributed by atoms with Crippen molar-refractivity contribution in [3.05, 3.63) is 54.1 Å². The Labute approximate surface area is 142 Å². The molecule has 2 aromatic rings.